The lowest BCUT2D eigenvalue weighted by Gasteiger charge is -2.29. The fraction of sp³-hybridized carbons (Fsp3) is 0.389. The first-order chi connectivity index (χ1) is 11.4. The number of aromatic nitrogens is 3. The van der Waals surface area contributed by atoms with Gasteiger partial charge in [-0.1, -0.05) is 29.5 Å². The minimum absolute atomic E-state index is 0.271. The van der Waals surface area contributed by atoms with E-state index in [9.17, 15) is 4.79 Å². The first-order valence-corrected chi connectivity index (χ1v) is 8.07. The number of carbonyl (C=O) groups is 1. The molecule has 0 bridgehead atoms. The van der Waals surface area contributed by atoms with Gasteiger partial charge in [-0.3, -0.25) is 0 Å². The van der Waals surface area contributed by atoms with Gasteiger partial charge in [0.1, 0.15) is 5.60 Å². The van der Waals surface area contributed by atoms with Crippen molar-refractivity contribution in [2.24, 2.45) is 0 Å². The van der Waals surface area contributed by atoms with Crippen LogP contribution < -0.4 is 0 Å². The predicted octanol–water partition coefficient (Wildman–Crippen LogP) is 3.29. The van der Waals surface area contributed by atoms with E-state index in [1.807, 2.05) is 61.9 Å². The van der Waals surface area contributed by atoms with Crippen molar-refractivity contribution < 1.29 is 9.53 Å². The summed E-state index contributed by atoms with van der Waals surface area (Å²) in [4.78, 5) is 13.9. The maximum atomic E-state index is 12.1. The molecular weight excluding hydrogens is 304 g/mol. The van der Waals surface area contributed by atoms with Gasteiger partial charge in [0.25, 0.3) is 0 Å². The van der Waals surface area contributed by atoms with Crippen LogP contribution in [0.2, 0.25) is 0 Å². The molecule has 126 valence electrons. The minimum Gasteiger partial charge on any atom is -0.444 e. The van der Waals surface area contributed by atoms with Crippen molar-refractivity contribution in [1.82, 2.24) is 19.9 Å². The third-order valence-corrected chi connectivity index (χ3v) is 3.74. The Hall–Kier alpha value is -2.63. The SMILES string of the molecule is CC(C)(C)OC(=O)N1CC=C(c2cnnn2-c2ccccc2)CC1. The van der Waals surface area contributed by atoms with E-state index >= 15 is 0 Å². The molecule has 0 aliphatic carbocycles. The van der Waals surface area contributed by atoms with Crippen LogP contribution in [0.5, 0.6) is 0 Å². The fourth-order valence-corrected chi connectivity index (χ4v) is 2.61. The second-order valence-corrected chi connectivity index (χ2v) is 6.77. The van der Waals surface area contributed by atoms with E-state index in [0.29, 0.717) is 13.1 Å². The molecule has 3 rings (SSSR count). The zero-order chi connectivity index (χ0) is 17.2. The van der Waals surface area contributed by atoms with E-state index < -0.39 is 5.60 Å². The maximum absolute atomic E-state index is 12.1. The maximum Gasteiger partial charge on any atom is 0.410 e. The van der Waals surface area contributed by atoms with Crippen molar-refractivity contribution in [3.05, 3.63) is 48.3 Å². The van der Waals surface area contributed by atoms with Gasteiger partial charge in [-0.05, 0) is 44.9 Å². The second-order valence-electron chi connectivity index (χ2n) is 6.77. The van der Waals surface area contributed by atoms with Gasteiger partial charge in [0.2, 0.25) is 0 Å². The van der Waals surface area contributed by atoms with Crippen molar-refractivity contribution in [3.63, 3.8) is 0 Å². The molecule has 1 aromatic carbocycles. The Morgan fingerprint density at radius 1 is 1.21 bits per heavy atom. The zero-order valence-electron chi connectivity index (χ0n) is 14.3. The van der Waals surface area contributed by atoms with Crippen LogP contribution in [0.25, 0.3) is 11.3 Å². The van der Waals surface area contributed by atoms with Crippen LogP contribution >= 0.6 is 0 Å². The standard InChI is InChI=1S/C18H22N4O2/c1-18(2,3)24-17(23)21-11-9-14(10-12-21)16-13-19-20-22(16)15-7-5-4-6-8-15/h4-9,13H,10-12H2,1-3H3. The number of nitrogens with zero attached hydrogens (tertiary/aromatic N) is 4. The molecule has 0 fully saturated rings. The fourth-order valence-electron chi connectivity index (χ4n) is 2.61. The molecule has 1 aliphatic heterocycles. The molecule has 0 saturated carbocycles. The van der Waals surface area contributed by atoms with Crippen LogP contribution in [0.1, 0.15) is 32.9 Å². The van der Waals surface area contributed by atoms with Gasteiger partial charge < -0.3 is 9.64 Å². The van der Waals surface area contributed by atoms with Crippen molar-refractivity contribution >= 4 is 11.7 Å². The summed E-state index contributed by atoms with van der Waals surface area (Å²) >= 11 is 0. The van der Waals surface area contributed by atoms with E-state index in [0.717, 1.165) is 23.4 Å². The van der Waals surface area contributed by atoms with Crippen LogP contribution in [0.15, 0.2) is 42.6 Å². The van der Waals surface area contributed by atoms with Crippen LogP contribution in [0.4, 0.5) is 4.79 Å². The number of ether oxygens (including phenoxy) is 1. The summed E-state index contributed by atoms with van der Waals surface area (Å²) < 4.78 is 7.25. The van der Waals surface area contributed by atoms with Crippen LogP contribution in [-0.2, 0) is 4.74 Å². The average Bonchev–Trinajstić information content (AvgIpc) is 3.04. The lowest BCUT2D eigenvalue weighted by atomic mass is 10.1. The van der Waals surface area contributed by atoms with Crippen molar-refractivity contribution in [2.75, 3.05) is 13.1 Å². The Bertz CT molecular complexity index is 744. The highest BCUT2D eigenvalue weighted by atomic mass is 16.6. The molecule has 1 amide bonds. The Balaban J connectivity index is 1.75. The monoisotopic (exact) mass is 326 g/mol. The number of carbonyl (C=O) groups excluding carboxylic acids is 1. The van der Waals surface area contributed by atoms with Crippen LogP contribution in [-0.4, -0.2) is 44.7 Å². The summed E-state index contributed by atoms with van der Waals surface area (Å²) in [5.41, 5.74) is 2.60. The molecule has 0 radical (unpaired) electrons. The molecular formula is C18H22N4O2. The normalized spacial score (nSPS) is 15.1. The summed E-state index contributed by atoms with van der Waals surface area (Å²) in [5, 5.41) is 8.23. The molecule has 2 heterocycles. The molecule has 24 heavy (non-hydrogen) atoms. The first-order valence-electron chi connectivity index (χ1n) is 8.07. The highest BCUT2D eigenvalue weighted by Crippen LogP contribution is 2.24. The Labute approximate surface area is 141 Å². The summed E-state index contributed by atoms with van der Waals surface area (Å²) in [6.45, 7) is 6.78. The van der Waals surface area contributed by atoms with Crippen molar-refractivity contribution in [3.8, 4) is 5.69 Å². The Kier molecular flexibility index (Phi) is 4.38. The summed E-state index contributed by atoms with van der Waals surface area (Å²) in [6.07, 6.45) is 4.29. The lowest BCUT2D eigenvalue weighted by Crippen LogP contribution is -2.39. The topological polar surface area (TPSA) is 60.2 Å². The largest absolute Gasteiger partial charge is 0.444 e. The van der Waals surface area contributed by atoms with Gasteiger partial charge in [-0.25, -0.2) is 9.48 Å². The molecule has 0 unspecified atom stereocenters. The number of para-hydroxylation sites is 1. The second kappa shape index (κ2) is 6.47. The van der Waals surface area contributed by atoms with Gasteiger partial charge in [0, 0.05) is 13.1 Å². The van der Waals surface area contributed by atoms with E-state index in [1.165, 1.54) is 0 Å². The van der Waals surface area contributed by atoms with E-state index in [1.54, 1.807) is 11.1 Å². The van der Waals surface area contributed by atoms with E-state index in [-0.39, 0.29) is 6.09 Å². The van der Waals surface area contributed by atoms with Crippen LogP contribution in [0, 0.1) is 0 Å². The van der Waals surface area contributed by atoms with Gasteiger partial charge in [-0.15, -0.1) is 5.10 Å². The third kappa shape index (κ3) is 3.64. The average molecular weight is 326 g/mol. The number of amides is 1. The van der Waals surface area contributed by atoms with Gasteiger partial charge in [0.05, 0.1) is 17.6 Å². The third-order valence-electron chi connectivity index (χ3n) is 3.74. The van der Waals surface area contributed by atoms with E-state index in [2.05, 4.69) is 10.3 Å². The number of hydrogen-bond donors (Lipinski definition) is 0. The highest BCUT2D eigenvalue weighted by molar-refractivity contribution is 5.72. The van der Waals surface area contributed by atoms with Crippen molar-refractivity contribution in [1.29, 1.82) is 0 Å². The van der Waals surface area contributed by atoms with E-state index in [4.69, 9.17) is 4.74 Å². The molecule has 0 spiro atoms. The molecule has 6 nitrogen and oxygen atoms in total. The first kappa shape index (κ1) is 16.2. The molecule has 0 N–H and O–H groups in total. The summed E-state index contributed by atoms with van der Waals surface area (Å²) in [5.74, 6) is 0. The smallest absolute Gasteiger partial charge is 0.410 e. The Morgan fingerprint density at radius 3 is 2.58 bits per heavy atom. The summed E-state index contributed by atoms with van der Waals surface area (Å²) in [6, 6.07) is 9.91. The van der Waals surface area contributed by atoms with Crippen LogP contribution in [0.3, 0.4) is 0 Å². The molecule has 2 aromatic rings. The number of rotatable bonds is 2. The van der Waals surface area contributed by atoms with Gasteiger partial charge in [-0.2, -0.15) is 0 Å². The quantitative estimate of drug-likeness (QED) is 0.849. The molecule has 0 saturated heterocycles. The van der Waals surface area contributed by atoms with Gasteiger partial charge >= 0.3 is 6.09 Å². The molecule has 6 heteroatoms. The van der Waals surface area contributed by atoms with Gasteiger partial charge in [0.15, 0.2) is 0 Å². The number of hydrogen-bond acceptors (Lipinski definition) is 4. The molecule has 0 atom stereocenters. The zero-order valence-corrected chi connectivity index (χ0v) is 14.3. The lowest BCUT2D eigenvalue weighted by molar-refractivity contribution is 0.0270. The summed E-state index contributed by atoms with van der Waals surface area (Å²) in [7, 11) is 0. The molecule has 1 aliphatic rings. The minimum atomic E-state index is -0.475. The highest BCUT2D eigenvalue weighted by Gasteiger charge is 2.24. The Morgan fingerprint density at radius 2 is 1.96 bits per heavy atom. The number of benzene rings is 1. The van der Waals surface area contributed by atoms with Crippen molar-refractivity contribution in [2.45, 2.75) is 32.8 Å². The molecule has 1 aromatic heterocycles. The predicted molar refractivity (Wildman–Crippen MR) is 91.8 cm³/mol.